The maximum Gasteiger partial charge on any atom is 0.311 e. The molecule has 0 amide bonds. The van der Waals surface area contributed by atoms with Gasteiger partial charge in [-0.15, -0.1) is 0 Å². The van der Waals surface area contributed by atoms with Gasteiger partial charge < -0.3 is 38.4 Å². The van der Waals surface area contributed by atoms with Crippen LogP contribution in [0.3, 0.4) is 0 Å². The van der Waals surface area contributed by atoms with E-state index in [1.807, 2.05) is 17.0 Å². The van der Waals surface area contributed by atoms with Crippen molar-refractivity contribution in [2.24, 2.45) is 11.8 Å². The van der Waals surface area contributed by atoms with E-state index in [0.717, 1.165) is 5.56 Å². The average Bonchev–Trinajstić information content (AvgIpc) is 3.38. The standard InChI is InChI=1S/C21H23NO8/c1-25-14-4-10(5-15(26-2)20(14)27-3)18-17-11(8-28-21(17)24)19(23)12-6-13-16(7-22(12)18)30-9-29-13/h4-6,11,17-19,23H,7-9H2,1-3H3/t11-,17-,18-,19+/m0/s1. The van der Waals surface area contributed by atoms with E-state index >= 15 is 0 Å². The lowest BCUT2D eigenvalue weighted by Gasteiger charge is -2.47. The van der Waals surface area contributed by atoms with Crippen LogP contribution in [-0.2, 0) is 19.0 Å². The van der Waals surface area contributed by atoms with E-state index in [-0.39, 0.29) is 25.3 Å². The van der Waals surface area contributed by atoms with Gasteiger partial charge in [0.2, 0.25) is 12.5 Å². The molecule has 0 saturated carbocycles. The molecule has 9 heteroatoms. The van der Waals surface area contributed by atoms with E-state index in [1.165, 1.54) is 7.11 Å². The Morgan fingerprint density at radius 3 is 2.47 bits per heavy atom. The van der Waals surface area contributed by atoms with E-state index in [4.69, 9.17) is 28.4 Å². The summed E-state index contributed by atoms with van der Waals surface area (Å²) in [6, 6.07) is 3.26. The number of benzene rings is 1. The van der Waals surface area contributed by atoms with Crippen LogP contribution in [0.15, 0.2) is 35.4 Å². The number of carbonyl (C=O) groups is 1. The number of ether oxygens (including phenoxy) is 6. The minimum Gasteiger partial charge on any atom is -0.493 e. The van der Waals surface area contributed by atoms with Gasteiger partial charge in [0.05, 0.1) is 46.4 Å². The second-order valence-corrected chi connectivity index (χ2v) is 7.56. The molecule has 1 N–H and O–H groups in total. The Hall–Kier alpha value is -3.07. The van der Waals surface area contributed by atoms with Crippen molar-refractivity contribution in [3.8, 4) is 17.2 Å². The predicted molar refractivity (Wildman–Crippen MR) is 102 cm³/mol. The van der Waals surface area contributed by atoms with Gasteiger partial charge in [0.15, 0.2) is 23.0 Å². The molecule has 0 spiro atoms. The zero-order valence-electron chi connectivity index (χ0n) is 16.9. The van der Waals surface area contributed by atoms with Crippen LogP contribution in [0.4, 0.5) is 0 Å². The molecule has 0 unspecified atom stereocenters. The lowest BCUT2D eigenvalue weighted by molar-refractivity contribution is -0.144. The number of aliphatic hydroxyl groups is 1. The summed E-state index contributed by atoms with van der Waals surface area (Å²) < 4.78 is 32.9. The third-order valence-electron chi connectivity index (χ3n) is 6.21. The normalized spacial score (nSPS) is 29.1. The van der Waals surface area contributed by atoms with Gasteiger partial charge >= 0.3 is 5.97 Å². The van der Waals surface area contributed by atoms with Crippen molar-refractivity contribution in [2.45, 2.75) is 12.1 Å². The maximum absolute atomic E-state index is 12.7. The number of cyclic esters (lactones) is 1. The summed E-state index contributed by atoms with van der Waals surface area (Å²) in [5.74, 6) is 1.49. The van der Waals surface area contributed by atoms with Gasteiger partial charge in [-0.2, -0.15) is 0 Å². The number of allylic oxidation sites excluding steroid dienone is 1. The quantitative estimate of drug-likeness (QED) is 0.728. The van der Waals surface area contributed by atoms with Crippen LogP contribution < -0.4 is 14.2 Å². The molecular formula is C21H23NO8. The molecule has 4 aliphatic rings. The van der Waals surface area contributed by atoms with Crippen LogP contribution in [0.25, 0.3) is 0 Å². The molecule has 4 aliphatic heterocycles. The van der Waals surface area contributed by atoms with E-state index in [9.17, 15) is 9.90 Å². The van der Waals surface area contributed by atoms with Crippen LogP contribution >= 0.6 is 0 Å². The number of carbonyl (C=O) groups excluding carboxylic acids is 1. The summed E-state index contributed by atoms with van der Waals surface area (Å²) in [4.78, 5) is 14.7. The Morgan fingerprint density at radius 1 is 1.07 bits per heavy atom. The van der Waals surface area contributed by atoms with E-state index < -0.39 is 18.1 Å². The van der Waals surface area contributed by atoms with Crippen LogP contribution in [0, 0.1) is 11.8 Å². The molecule has 4 atom stereocenters. The molecule has 30 heavy (non-hydrogen) atoms. The second-order valence-electron chi connectivity index (χ2n) is 7.56. The molecule has 0 bridgehead atoms. The number of aliphatic hydroxyl groups excluding tert-OH is 1. The number of methoxy groups -OCH3 is 3. The van der Waals surface area contributed by atoms with Crippen molar-refractivity contribution in [3.63, 3.8) is 0 Å². The van der Waals surface area contributed by atoms with Crippen molar-refractivity contribution in [3.05, 3.63) is 41.0 Å². The number of piperidine rings is 1. The molecule has 4 heterocycles. The van der Waals surface area contributed by atoms with E-state index in [0.29, 0.717) is 41.0 Å². The fourth-order valence-electron chi connectivity index (χ4n) is 4.82. The monoisotopic (exact) mass is 417 g/mol. The first-order valence-electron chi connectivity index (χ1n) is 9.69. The van der Waals surface area contributed by atoms with Gasteiger partial charge in [0.25, 0.3) is 0 Å². The Bertz CT molecular complexity index is 929. The smallest absolute Gasteiger partial charge is 0.311 e. The summed E-state index contributed by atoms with van der Waals surface area (Å²) in [7, 11) is 4.63. The third-order valence-corrected chi connectivity index (χ3v) is 6.21. The predicted octanol–water partition coefficient (Wildman–Crippen LogP) is 1.33. The maximum atomic E-state index is 12.7. The second kappa shape index (κ2) is 7.02. The van der Waals surface area contributed by atoms with E-state index in [1.54, 1.807) is 20.3 Å². The summed E-state index contributed by atoms with van der Waals surface area (Å²) in [5.41, 5.74) is 1.47. The van der Waals surface area contributed by atoms with Crippen LogP contribution in [0.5, 0.6) is 17.2 Å². The highest BCUT2D eigenvalue weighted by atomic mass is 16.7. The van der Waals surface area contributed by atoms with Gasteiger partial charge in [-0.25, -0.2) is 0 Å². The highest BCUT2D eigenvalue weighted by Gasteiger charge is 2.55. The Labute approximate surface area is 173 Å². The van der Waals surface area contributed by atoms with Crippen molar-refractivity contribution in [1.29, 1.82) is 0 Å². The van der Waals surface area contributed by atoms with Gasteiger partial charge in [0.1, 0.15) is 6.10 Å². The molecule has 1 aromatic carbocycles. The van der Waals surface area contributed by atoms with Crippen LogP contribution in [-0.4, -0.2) is 63.4 Å². The Morgan fingerprint density at radius 2 is 1.80 bits per heavy atom. The lowest BCUT2D eigenvalue weighted by Crippen LogP contribution is -2.51. The molecule has 0 aliphatic carbocycles. The van der Waals surface area contributed by atoms with E-state index in [2.05, 4.69) is 0 Å². The first-order valence-corrected chi connectivity index (χ1v) is 9.69. The molecule has 9 nitrogen and oxygen atoms in total. The summed E-state index contributed by atoms with van der Waals surface area (Å²) in [6.45, 7) is 0.679. The molecule has 5 rings (SSSR count). The van der Waals surface area contributed by atoms with Gasteiger partial charge in [0, 0.05) is 17.7 Å². The van der Waals surface area contributed by atoms with Crippen molar-refractivity contribution >= 4 is 5.97 Å². The highest BCUT2D eigenvalue weighted by molar-refractivity contribution is 5.77. The molecule has 2 saturated heterocycles. The zero-order chi connectivity index (χ0) is 21.0. The van der Waals surface area contributed by atoms with Crippen molar-refractivity contribution in [2.75, 3.05) is 41.3 Å². The fourth-order valence-corrected chi connectivity index (χ4v) is 4.82. The number of hydrogen-bond donors (Lipinski definition) is 1. The minimum atomic E-state index is -0.849. The molecule has 0 aromatic heterocycles. The number of hydrogen-bond acceptors (Lipinski definition) is 9. The number of fused-ring (bicyclic) bond motifs is 2. The Balaban J connectivity index is 1.66. The third kappa shape index (κ3) is 2.61. The highest BCUT2D eigenvalue weighted by Crippen LogP contribution is 2.52. The van der Waals surface area contributed by atoms with Crippen LogP contribution in [0.2, 0.25) is 0 Å². The SMILES string of the molecule is COc1cc([C@H]2[C@H]3C(=O)OC[C@@H]3[C@@H](O)C3=CC4=C(CN32)OCO4)cc(OC)c1OC. The van der Waals surface area contributed by atoms with Gasteiger partial charge in [-0.3, -0.25) is 4.79 Å². The molecule has 0 radical (unpaired) electrons. The average molecular weight is 417 g/mol. The first-order chi connectivity index (χ1) is 14.6. The lowest BCUT2D eigenvalue weighted by atomic mass is 9.75. The summed E-state index contributed by atoms with van der Waals surface area (Å²) >= 11 is 0. The summed E-state index contributed by atoms with van der Waals surface area (Å²) in [5, 5.41) is 11.0. The number of esters is 1. The zero-order valence-corrected chi connectivity index (χ0v) is 16.9. The molecule has 160 valence electrons. The first kappa shape index (κ1) is 18.9. The number of nitrogens with zero attached hydrogens (tertiary/aromatic N) is 1. The molecular weight excluding hydrogens is 394 g/mol. The van der Waals surface area contributed by atoms with Crippen molar-refractivity contribution < 1.29 is 38.3 Å². The largest absolute Gasteiger partial charge is 0.493 e. The van der Waals surface area contributed by atoms with Crippen LogP contribution in [0.1, 0.15) is 11.6 Å². The van der Waals surface area contributed by atoms with Gasteiger partial charge in [-0.05, 0) is 17.7 Å². The molecule has 2 fully saturated rings. The number of rotatable bonds is 4. The van der Waals surface area contributed by atoms with Crippen molar-refractivity contribution in [1.82, 2.24) is 4.90 Å². The molecule has 1 aromatic rings. The summed E-state index contributed by atoms with van der Waals surface area (Å²) in [6.07, 6.45) is 0.943. The minimum absolute atomic E-state index is 0.141. The fraction of sp³-hybridized carbons (Fsp3) is 0.476. The van der Waals surface area contributed by atoms with Gasteiger partial charge in [-0.1, -0.05) is 0 Å². The Kier molecular flexibility index (Phi) is 4.43. The topological polar surface area (TPSA) is 95.9 Å².